The largest absolute Gasteiger partial charge is 0.389 e. The Morgan fingerprint density at radius 3 is 2.63 bits per heavy atom. The van der Waals surface area contributed by atoms with Crippen LogP contribution in [0.2, 0.25) is 0 Å². The van der Waals surface area contributed by atoms with Gasteiger partial charge in [-0.3, -0.25) is 4.90 Å². The molecule has 0 bridgehead atoms. The monoisotopic (exact) mass is 270 g/mol. The van der Waals surface area contributed by atoms with Gasteiger partial charge in [-0.25, -0.2) is 0 Å². The lowest BCUT2D eigenvalue weighted by atomic mass is 10.1. The number of nitrogens with one attached hydrogen (secondary N) is 1. The van der Waals surface area contributed by atoms with E-state index in [1.165, 1.54) is 25.7 Å². The van der Waals surface area contributed by atoms with Crippen molar-refractivity contribution in [3.8, 4) is 0 Å². The van der Waals surface area contributed by atoms with E-state index in [0.29, 0.717) is 12.6 Å². The molecule has 0 unspecified atom stereocenters. The molecule has 2 N–H and O–H groups in total. The lowest BCUT2D eigenvalue weighted by Crippen LogP contribution is -2.49. The minimum atomic E-state index is -0.372. The van der Waals surface area contributed by atoms with Gasteiger partial charge in [0.2, 0.25) is 0 Å². The number of nitrogens with zero attached hydrogens (tertiary/aromatic N) is 1. The number of hydrogen-bond donors (Lipinski definition) is 2. The third kappa shape index (κ3) is 3.47. The molecule has 3 atom stereocenters. The predicted octanol–water partition coefficient (Wildman–Crippen LogP) is -0.0209. The first-order chi connectivity index (χ1) is 9.33. The highest BCUT2D eigenvalue weighted by Crippen LogP contribution is 2.22. The van der Waals surface area contributed by atoms with E-state index < -0.39 is 0 Å². The van der Waals surface area contributed by atoms with Crippen LogP contribution >= 0.6 is 0 Å². The van der Waals surface area contributed by atoms with Gasteiger partial charge in [0, 0.05) is 25.7 Å². The Labute approximate surface area is 115 Å². The molecule has 0 aromatic rings. The summed E-state index contributed by atoms with van der Waals surface area (Å²) in [6.45, 7) is 4.97. The lowest BCUT2D eigenvalue weighted by molar-refractivity contribution is -0.0182. The number of ether oxygens (including phenoxy) is 2. The first-order valence-corrected chi connectivity index (χ1v) is 7.69. The van der Waals surface area contributed by atoms with Crippen LogP contribution in [-0.2, 0) is 9.47 Å². The standard InChI is InChI=1S/C14H26N2O3/c17-14-12(15-11-3-1-2-4-11)10-19-13(14)9-16-5-7-18-8-6-16/h11-15,17H,1-10H2/t12-,13-,14+/m0/s1. The summed E-state index contributed by atoms with van der Waals surface area (Å²) in [7, 11) is 0. The second-order valence-electron chi connectivity index (χ2n) is 6.03. The first-order valence-electron chi connectivity index (χ1n) is 7.69. The molecule has 19 heavy (non-hydrogen) atoms. The van der Waals surface area contributed by atoms with Crippen LogP contribution in [0.25, 0.3) is 0 Å². The summed E-state index contributed by atoms with van der Waals surface area (Å²) in [5, 5.41) is 14.0. The van der Waals surface area contributed by atoms with E-state index in [2.05, 4.69) is 10.2 Å². The maximum absolute atomic E-state index is 10.4. The zero-order valence-corrected chi connectivity index (χ0v) is 11.6. The molecule has 1 saturated carbocycles. The van der Waals surface area contributed by atoms with Crippen molar-refractivity contribution < 1.29 is 14.6 Å². The van der Waals surface area contributed by atoms with Crippen LogP contribution in [0.15, 0.2) is 0 Å². The Bertz CT molecular complexity index is 278. The highest BCUT2D eigenvalue weighted by atomic mass is 16.5. The second kappa shape index (κ2) is 6.50. The number of aliphatic hydroxyl groups is 1. The smallest absolute Gasteiger partial charge is 0.0989 e. The fourth-order valence-corrected chi connectivity index (χ4v) is 3.42. The van der Waals surface area contributed by atoms with Crippen molar-refractivity contribution in [1.82, 2.24) is 10.2 Å². The fraction of sp³-hybridized carbons (Fsp3) is 1.00. The predicted molar refractivity (Wildman–Crippen MR) is 72.2 cm³/mol. The highest BCUT2D eigenvalue weighted by molar-refractivity contribution is 4.92. The third-order valence-electron chi connectivity index (χ3n) is 4.63. The Morgan fingerprint density at radius 1 is 1.16 bits per heavy atom. The van der Waals surface area contributed by atoms with Gasteiger partial charge >= 0.3 is 0 Å². The van der Waals surface area contributed by atoms with E-state index in [1.54, 1.807) is 0 Å². The maximum Gasteiger partial charge on any atom is 0.0989 e. The molecule has 2 aliphatic heterocycles. The van der Waals surface area contributed by atoms with Gasteiger partial charge in [0.15, 0.2) is 0 Å². The van der Waals surface area contributed by atoms with Gasteiger partial charge in [0.25, 0.3) is 0 Å². The van der Waals surface area contributed by atoms with Gasteiger partial charge in [-0.1, -0.05) is 12.8 Å². The molecular weight excluding hydrogens is 244 g/mol. The molecule has 2 heterocycles. The van der Waals surface area contributed by atoms with E-state index in [1.807, 2.05) is 0 Å². The SMILES string of the molecule is O[C@@H]1[C@@H](NC2CCCC2)CO[C@H]1CN1CCOCC1. The van der Waals surface area contributed by atoms with Gasteiger partial charge in [0.1, 0.15) is 0 Å². The summed E-state index contributed by atoms with van der Waals surface area (Å²) >= 11 is 0. The molecule has 0 spiro atoms. The molecule has 5 heteroatoms. The molecule has 2 saturated heterocycles. The molecule has 3 rings (SSSR count). The minimum Gasteiger partial charge on any atom is -0.389 e. The van der Waals surface area contributed by atoms with E-state index in [-0.39, 0.29) is 18.2 Å². The van der Waals surface area contributed by atoms with Crippen LogP contribution in [0.5, 0.6) is 0 Å². The molecular formula is C14H26N2O3. The van der Waals surface area contributed by atoms with Crippen LogP contribution in [0.4, 0.5) is 0 Å². The Morgan fingerprint density at radius 2 is 1.89 bits per heavy atom. The van der Waals surface area contributed by atoms with E-state index in [0.717, 1.165) is 32.8 Å². The van der Waals surface area contributed by atoms with E-state index in [4.69, 9.17) is 9.47 Å². The van der Waals surface area contributed by atoms with E-state index >= 15 is 0 Å². The fourth-order valence-electron chi connectivity index (χ4n) is 3.42. The molecule has 0 amide bonds. The van der Waals surface area contributed by atoms with Crippen LogP contribution in [0.3, 0.4) is 0 Å². The van der Waals surface area contributed by atoms with Gasteiger partial charge in [-0.2, -0.15) is 0 Å². The van der Waals surface area contributed by atoms with Crippen molar-refractivity contribution in [2.75, 3.05) is 39.5 Å². The maximum atomic E-state index is 10.4. The van der Waals surface area contributed by atoms with Crippen LogP contribution in [0.1, 0.15) is 25.7 Å². The number of morpholine rings is 1. The van der Waals surface area contributed by atoms with Crippen molar-refractivity contribution in [2.24, 2.45) is 0 Å². The Kier molecular flexibility index (Phi) is 4.71. The van der Waals surface area contributed by atoms with Crippen molar-refractivity contribution in [3.05, 3.63) is 0 Å². The molecule has 3 fully saturated rings. The zero-order chi connectivity index (χ0) is 13.1. The summed E-state index contributed by atoms with van der Waals surface area (Å²) in [5.74, 6) is 0. The van der Waals surface area contributed by atoms with Gasteiger partial charge in [-0.15, -0.1) is 0 Å². The van der Waals surface area contributed by atoms with Crippen molar-refractivity contribution in [2.45, 2.75) is 50.0 Å². The number of aliphatic hydroxyl groups excluding tert-OH is 1. The van der Waals surface area contributed by atoms with Crippen molar-refractivity contribution >= 4 is 0 Å². The number of hydrogen-bond acceptors (Lipinski definition) is 5. The minimum absolute atomic E-state index is 0.0444. The molecule has 1 aliphatic carbocycles. The first kappa shape index (κ1) is 13.8. The Hall–Kier alpha value is -0.200. The van der Waals surface area contributed by atoms with E-state index in [9.17, 15) is 5.11 Å². The van der Waals surface area contributed by atoms with Crippen molar-refractivity contribution in [1.29, 1.82) is 0 Å². The topological polar surface area (TPSA) is 54.0 Å². The van der Waals surface area contributed by atoms with Gasteiger partial charge in [0.05, 0.1) is 38.1 Å². The molecule has 0 aromatic heterocycles. The quantitative estimate of drug-likeness (QED) is 0.752. The van der Waals surface area contributed by atoms with Crippen molar-refractivity contribution in [3.63, 3.8) is 0 Å². The summed E-state index contributed by atoms with van der Waals surface area (Å²) in [4.78, 5) is 2.33. The normalized spacial score (nSPS) is 38.1. The average Bonchev–Trinajstić information content (AvgIpc) is 3.05. The van der Waals surface area contributed by atoms with Crippen LogP contribution in [0, 0.1) is 0 Å². The summed E-state index contributed by atoms with van der Waals surface area (Å²) in [5.41, 5.74) is 0. The molecule has 0 aromatic carbocycles. The summed E-state index contributed by atoms with van der Waals surface area (Å²) < 4.78 is 11.1. The Balaban J connectivity index is 1.45. The van der Waals surface area contributed by atoms with Crippen LogP contribution in [-0.4, -0.2) is 73.8 Å². The van der Waals surface area contributed by atoms with Gasteiger partial charge < -0.3 is 19.9 Å². The average molecular weight is 270 g/mol. The summed E-state index contributed by atoms with van der Waals surface area (Å²) in [6.07, 6.45) is 4.71. The molecule has 5 nitrogen and oxygen atoms in total. The molecule has 0 radical (unpaired) electrons. The highest BCUT2D eigenvalue weighted by Gasteiger charge is 2.38. The zero-order valence-electron chi connectivity index (χ0n) is 11.6. The van der Waals surface area contributed by atoms with Gasteiger partial charge in [-0.05, 0) is 12.8 Å². The summed E-state index contributed by atoms with van der Waals surface area (Å²) in [6, 6.07) is 0.708. The third-order valence-corrected chi connectivity index (χ3v) is 4.63. The second-order valence-corrected chi connectivity index (χ2v) is 6.03. The number of rotatable bonds is 4. The molecule has 3 aliphatic rings. The molecule has 110 valence electrons. The van der Waals surface area contributed by atoms with Crippen LogP contribution < -0.4 is 5.32 Å². The lowest BCUT2D eigenvalue weighted by Gasteiger charge is -2.30.